The monoisotopic (exact) mass is 334 g/mol. The highest BCUT2D eigenvalue weighted by Gasteiger charge is 2.15. The zero-order valence-electron chi connectivity index (χ0n) is 13.3. The zero-order valence-corrected chi connectivity index (χ0v) is 14.1. The molecule has 0 atom stereocenters. The smallest absolute Gasteiger partial charge is 0.343 e. The predicted molar refractivity (Wildman–Crippen MR) is 91.1 cm³/mol. The quantitative estimate of drug-likeness (QED) is 0.647. The highest BCUT2D eigenvalue weighted by Crippen LogP contribution is 2.18. The summed E-state index contributed by atoms with van der Waals surface area (Å²) in [4.78, 5) is 21.9. The summed E-state index contributed by atoms with van der Waals surface area (Å²) >= 11 is 5.82. The standard InChI is InChI=1S/C16H19ClN4O2/c1-4-23-15(22)13-10-19-16(17)20-14(13)18-9-11-5-7-12(8-6-11)21(2)3/h5-8,10H,4,9H2,1-3H3,(H,18,19,20). The molecule has 0 spiro atoms. The molecule has 0 fully saturated rings. The van der Waals surface area contributed by atoms with Crippen molar-refractivity contribution < 1.29 is 9.53 Å². The molecule has 0 saturated carbocycles. The molecule has 0 aliphatic heterocycles. The van der Waals surface area contributed by atoms with Crippen molar-refractivity contribution in [2.45, 2.75) is 13.5 Å². The summed E-state index contributed by atoms with van der Waals surface area (Å²) in [7, 11) is 3.98. The van der Waals surface area contributed by atoms with Crippen LogP contribution in [0.1, 0.15) is 22.8 Å². The molecule has 2 rings (SSSR count). The maximum absolute atomic E-state index is 11.9. The van der Waals surface area contributed by atoms with Crippen molar-refractivity contribution in [1.82, 2.24) is 9.97 Å². The van der Waals surface area contributed by atoms with Crippen molar-refractivity contribution in [2.24, 2.45) is 0 Å². The topological polar surface area (TPSA) is 67.3 Å². The first-order chi connectivity index (χ1) is 11.0. The number of carbonyl (C=O) groups is 1. The Morgan fingerprint density at radius 3 is 2.61 bits per heavy atom. The largest absolute Gasteiger partial charge is 0.462 e. The second-order valence-electron chi connectivity index (χ2n) is 5.04. The van der Waals surface area contributed by atoms with E-state index < -0.39 is 5.97 Å². The molecule has 1 aromatic carbocycles. The van der Waals surface area contributed by atoms with Crippen molar-refractivity contribution in [2.75, 3.05) is 30.9 Å². The maximum Gasteiger partial charge on any atom is 0.343 e. The van der Waals surface area contributed by atoms with Crippen LogP contribution in [0.4, 0.5) is 11.5 Å². The molecule has 2 aromatic rings. The molecule has 1 aromatic heterocycles. The van der Waals surface area contributed by atoms with E-state index in [0.29, 0.717) is 12.4 Å². The van der Waals surface area contributed by atoms with Crippen LogP contribution in [0.5, 0.6) is 0 Å². The number of anilines is 2. The molecule has 0 amide bonds. The Morgan fingerprint density at radius 1 is 1.30 bits per heavy atom. The minimum Gasteiger partial charge on any atom is -0.462 e. The van der Waals surface area contributed by atoms with E-state index in [-0.39, 0.29) is 17.5 Å². The van der Waals surface area contributed by atoms with Crippen LogP contribution in [0.2, 0.25) is 5.28 Å². The Labute approximate surface area is 140 Å². The molecule has 0 aliphatic rings. The van der Waals surface area contributed by atoms with Gasteiger partial charge in [-0.25, -0.2) is 9.78 Å². The lowest BCUT2D eigenvalue weighted by molar-refractivity contribution is 0.0526. The molecule has 23 heavy (non-hydrogen) atoms. The molecule has 1 heterocycles. The lowest BCUT2D eigenvalue weighted by atomic mass is 10.2. The lowest BCUT2D eigenvalue weighted by Crippen LogP contribution is -2.12. The Hall–Kier alpha value is -2.34. The van der Waals surface area contributed by atoms with Crippen LogP contribution in [0.3, 0.4) is 0 Å². The Balaban J connectivity index is 2.13. The fourth-order valence-electron chi connectivity index (χ4n) is 1.95. The van der Waals surface area contributed by atoms with Crippen LogP contribution in [-0.2, 0) is 11.3 Å². The molecule has 0 saturated heterocycles. The summed E-state index contributed by atoms with van der Waals surface area (Å²) in [5.74, 6) is -0.116. The van der Waals surface area contributed by atoms with Gasteiger partial charge < -0.3 is 15.0 Å². The van der Waals surface area contributed by atoms with E-state index in [1.54, 1.807) is 6.92 Å². The Bertz CT molecular complexity index is 674. The minimum absolute atomic E-state index is 0.0727. The fraction of sp³-hybridized carbons (Fsp3) is 0.312. The SMILES string of the molecule is CCOC(=O)c1cnc(Cl)nc1NCc1ccc(N(C)C)cc1. The van der Waals surface area contributed by atoms with Crippen LogP contribution < -0.4 is 10.2 Å². The van der Waals surface area contributed by atoms with Crippen molar-refractivity contribution in [3.8, 4) is 0 Å². The van der Waals surface area contributed by atoms with E-state index in [9.17, 15) is 4.79 Å². The average Bonchev–Trinajstić information content (AvgIpc) is 2.53. The highest BCUT2D eigenvalue weighted by atomic mass is 35.5. The number of ether oxygens (including phenoxy) is 1. The third-order valence-corrected chi connectivity index (χ3v) is 3.35. The third-order valence-electron chi connectivity index (χ3n) is 3.17. The number of esters is 1. The van der Waals surface area contributed by atoms with E-state index in [4.69, 9.17) is 16.3 Å². The number of carbonyl (C=O) groups excluding carboxylic acids is 1. The summed E-state index contributed by atoms with van der Waals surface area (Å²) < 4.78 is 5.00. The van der Waals surface area contributed by atoms with Crippen molar-refractivity contribution in [3.63, 3.8) is 0 Å². The normalized spacial score (nSPS) is 10.3. The van der Waals surface area contributed by atoms with Crippen molar-refractivity contribution >= 4 is 29.1 Å². The number of rotatable bonds is 6. The van der Waals surface area contributed by atoms with Crippen LogP contribution in [-0.4, -0.2) is 36.6 Å². The molecule has 0 radical (unpaired) electrons. The van der Waals surface area contributed by atoms with Gasteiger partial charge in [0.1, 0.15) is 11.4 Å². The van der Waals surface area contributed by atoms with Gasteiger partial charge in [-0.15, -0.1) is 0 Å². The second-order valence-corrected chi connectivity index (χ2v) is 5.37. The van der Waals surface area contributed by atoms with E-state index in [0.717, 1.165) is 11.3 Å². The molecule has 122 valence electrons. The van der Waals surface area contributed by atoms with Crippen LogP contribution in [0, 0.1) is 0 Å². The van der Waals surface area contributed by atoms with Gasteiger partial charge in [-0.05, 0) is 36.2 Å². The van der Waals surface area contributed by atoms with Crippen molar-refractivity contribution in [1.29, 1.82) is 0 Å². The summed E-state index contributed by atoms with van der Waals surface area (Å²) in [6.45, 7) is 2.54. The Kier molecular flexibility index (Phi) is 5.76. The molecule has 6 nitrogen and oxygen atoms in total. The maximum atomic E-state index is 11.9. The highest BCUT2D eigenvalue weighted by molar-refractivity contribution is 6.28. The summed E-state index contributed by atoms with van der Waals surface area (Å²) in [6, 6.07) is 8.07. The first-order valence-corrected chi connectivity index (χ1v) is 7.59. The number of benzene rings is 1. The number of hydrogen-bond donors (Lipinski definition) is 1. The number of nitrogens with zero attached hydrogens (tertiary/aromatic N) is 3. The van der Waals surface area contributed by atoms with E-state index in [1.807, 2.05) is 43.3 Å². The number of hydrogen-bond acceptors (Lipinski definition) is 6. The molecule has 0 unspecified atom stereocenters. The number of aromatic nitrogens is 2. The average molecular weight is 335 g/mol. The van der Waals surface area contributed by atoms with Gasteiger partial charge in [-0.2, -0.15) is 4.98 Å². The van der Waals surface area contributed by atoms with Gasteiger partial charge in [0.05, 0.1) is 6.61 Å². The van der Waals surface area contributed by atoms with Gasteiger partial charge in [-0.3, -0.25) is 0 Å². The molecule has 0 bridgehead atoms. The van der Waals surface area contributed by atoms with Crippen LogP contribution in [0.15, 0.2) is 30.5 Å². The van der Waals surface area contributed by atoms with E-state index in [2.05, 4.69) is 15.3 Å². The number of halogens is 1. The third kappa shape index (κ3) is 4.56. The summed E-state index contributed by atoms with van der Waals surface area (Å²) in [5, 5.41) is 3.18. The molecule has 1 N–H and O–H groups in total. The van der Waals surface area contributed by atoms with Crippen molar-refractivity contribution in [3.05, 3.63) is 46.9 Å². The summed E-state index contributed by atoms with van der Waals surface area (Å²) in [6.07, 6.45) is 1.37. The van der Waals surface area contributed by atoms with E-state index >= 15 is 0 Å². The number of nitrogens with one attached hydrogen (secondary N) is 1. The molecular formula is C16H19ClN4O2. The minimum atomic E-state index is -0.477. The van der Waals surface area contributed by atoms with Crippen LogP contribution in [0.25, 0.3) is 0 Å². The summed E-state index contributed by atoms with van der Waals surface area (Å²) in [5.41, 5.74) is 2.44. The molecule has 7 heteroatoms. The van der Waals surface area contributed by atoms with Gasteiger partial charge in [-0.1, -0.05) is 12.1 Å². The first-order valence-electron chi connectivity index (χ1n) is 7.21. The second kappa shape index (κ2) is 7.78. The van der Waals surface area contributed by atoms with Gasteiger partial charge in [0, 0.05) is 32.5 Å². The van der Waals surface area contributed by atoms with Gasteiger partial charge in [0.25, 0.3) is 0 Å². The van der Waals surface area contributed by atoms with Gasteiger partial charge in [0.2, 0.25) is 5.28 Å². The van der Waals surface area contributed by atoms with Gasteiger partial charge >= 0.3 is 5.97 Å². The van der Waals surface area contributed by atoms with E-state index in [1.165, 1.54) is 6.20 Å². The van der Waals surface area contributed by atoms with Crippen LogP contribution >= 0.6 is 11.6 Å². The van der Waals surface area contributed by atoms with Gasteiger partial charge in [0.15, 0.2) is 0 Å². The fourth-order valence-corrected chi connectivity index (χ4v) is 2.08. The molecule has 0 aliphatic carbocycles. The zero-order chi connectivity index (χ0) is 16.8. The Morgan fingerprint density at radius 2 is 2.00 bits per heavy atom. The predicted octanol–water partition coefficient (Wildman–Crippen LogP) is 2.98. The first kappa shape index (κ1) is 17.0. The molecular weight excluding hydrogens is 316 g/mol. The lowest BCUT2D eigenvalue weighted by Gasteiger charge is -2.13.